The molecule has 0 spiro atoms. The molecule has 2 atom stereocenters. The van der Waals surface area contributed by atoms with E-state index < -0.39 is 24.3 Å². The predicted octanol–water partition coefficient (Wildman–Crippen LogP) is 11.8. The summed E-state index contributed by atoms with van der Waals surface area (Å²) < 4.78 is 22.7. The molecule has 9 nitrogen and oxygen atoms in total. The molecule has 2 unspecified atom stereocenters. The molecule has 0 radical (unpaired) electrons. The van der Waals surface area contributed by atoms with Crippen molar-refractivity contribution in [3.8, 4) is 0 Å². The van der Waals surface area contributed by atoms with Crippen molar-refractivity contribution >= 4 is 17.9 Å². The fourth-order valence-electron chi connectivity index (χ4n) is 6.02. The number of aliphatic carboxylic acids is 1. The van der Waals surface area contributed by atoms with E-state index in [0.29, 0.717) is 23.9 Å². The highest BCUT2D eigenvalue weighted by atomic mass is 16.7. The summed E-state index contributed by atoms with van der Waals surface area (Å²) >= 11 is 0. The van der Waals surface area contributed by atoms with Gasteiger partial charge in [0.25, 0.3) is 6.29 Å². The van der Waals surface area contributed by atoms with Crippen molar-refractivity contribution in [2.24, 2.45) is 0 Å². The van der Waals surface area contributed by atoms with E-state index >= 15 is 0 Å². The Bertz CT molecular complexity index is 1020. The quantitative estimate of drug-likeness (QED) is 0.0214. The third kappa shape index (κ3) is 39.7. The normalized spacial score (nSPS) is 13.2. The highest BCUT2D eigenvalue weighted by molar-refractivity contribution is 5.71. The van der Waals surface area contributed by atoms with Crippen LogP contribution in [0.5, 0.6) is 0 Å². The van der Waals surface area contributed by atoms with Gasteiger partial charge in [-0.3, -0.25) is 9.59 Å². The van der Waals surface area contributed by atoms with Crippen LogP contribution in [0.3, 0.4) is 0 Å². The van der Waals surface area contributed by atoms with Crippen LogP contribution in [-0.4, -0.2) is 87.4 Å². The molecule has 0 rings (SSSR count). The summed E-state index contributed by atoms with van der Waals surface area (Å²) in [7, 11) is 5.95. The number of esters is 2. The standard InChI is InChI=1S/C47H85NO8/c1-6-8-10-12-14-16-18-20-22-23-24-26-27-29-31-33-35-37-44(49)54-41-43(42-55-47(46(51)52)53-40-39-48(3,4)5)56-45(50)38-36-34-32-30-28-25-21-19-17-15-13-11-9-7-2/h13,15,19-22,43,47H,6-12,14,16-18,23-42H2,1-5H3/p+1/b15-13-,21-19-,22-20-. The third-order valence-corrected chi connectivity index (χ3v) is 9.62. The van der Waals surface area contributed by atoms with E-state index in [0.717, 1.165) is 64.2 Å². The van der Waals surface area contributed by atoms with Gasteiger partial charge in [-0.05, 0) is 64.2 Å². The number of hydrogen-bond donors (Lipinski definition) is 1. The Labute approximate surface area is 343 Å². The number of allylic oxidation sites excluding steroid dienone is 6. The van der Waals surface area contributed by atoms with Crippen LogP contribution < -0.4 is 0 Å². The Morgan fingerprint density at radius 2 is 0.982 bits per heavy atom. The first-order chi connectivity index (χ1) is 27.1. The summed E-state index contributed by atoms with van der Waals surface area (Å²) in [5.41, 5.74) is 0. The maximum Gasteiger partial charge on any atom is 0.361 e. The molecule has 0 aliphatic heterocycles. The van der Waals surface area contributed by atoms with E-state index in [9.17, 15) is 19.5 Å². The Balaban J connectivity index is 4.45. The third-order valence-electron chi connectivity index (χ3n) is 9.62. The van der Waals surface area contributed by atoms with Gasteiger partial charge < -0.3 is 28.5 Å². The van der Waals surface area contributed by atoms with Gasteiger partial charge in [0.15, 0.2) is 6.10 Å². The number of carboxylic acids is 1. The Morgan fingerprint density at radius 1 is 0.536 bits per heavy atom. The van der Waals surface area contributed by atoms with Crippen LogP contribution >= 0.6 is 0 Å². The number of nitrogens with zero attached hydrogens (tertiary/aromatic N) is 1. The monoisotopic (exact) mass is 793 g/mol. The molecule has 56 heavy (non-hydrogen) atoms. The van der Waals surface area contributed by atoms with Crippen molar-refractivity contribution in [1.29, 1.82) is 0 Å². The maximum atomic E-state index is 12.7. The molecule has 0 aromatic heterocycles. The number of hydrogen-bond acceptors (Lipinski definition) is 7. The van der Waals surface area contributed by atoms with Gasteiger partial charge in [-0.15, -0.1) is 0 Å². The van der Waals surface area contributed by atoms with Crippen LogP contribution in [0.25, 0.3) is 0 Å². The van der Waals surface area contributed by atoms with Crippen molar-refractivity contribution in [2.75, 3.05) is 47.5 Å². The van der Waals surface area contributed by atoms with Gasteiger partial charge in [0.1, 0.15) is 13.2 Å². The molecule has 0 aliphatic rings. The minimum Gasteiger partial charge on any atom is -0.477 e. The molecule has 0 aromatic carbocycles. The average Bonchev–Trinajstić information content (AvgIpc) is 3.15. The summed E-state index contributed by atoms with van der Waals surface area (Å²) in [6.07, 6.45) is 40.5. The smallest absolute Gasteiger partial charge is 0.361 e. The lowest BCUT2D eigenvalue weighted by Crippen LogP contribution is -2.40. The summed E-state index contributed by atoms with van der Waals surface area (Å²) in [5, 5.41) is 9.63. The molecular weight excluding hydrogens is 707 g/mol. The van der Waals surface area contributed by atoms with Crippen LogP contribution in [-0.2, 0) is 33.3 Å². The Kier molecular flexibility index (Phi) is 37.6. The van der Waals surface area contributed by atoms with Crippen molar-refractivity contribution in [3.63, 3.8) is 0 Å². The van der Waals surface area contributed by atoms with Crippen LogP contribution in [0.2, 0.25) is 0 Å². The highest BCUT2D eigenvalue weighted by Gasteiger charge is 2.25. The number of likely N-dealkylation sites (N-methyl/N-ethyl adjacent to an activating group) is 1. The van der Waals surface area contributed by atoms with Crippen LogP contribution in [0.1, 0.15) is 187 Å². The van der Waals surface area contributed by atoms with Gasteiger partial charge in [-0.25, -0.2) is 4.79 Å². The van der Waals surface area contributed by atoms with Gasteiger partial charge in [-0.1, -0.05) is 147 Å². The largest absolute Gasteiger partial charge is 0.477 e. The van der Waals surface area contributed by atoms with Crippen LogP contribution in [0.4, 0.5) is 0 Å². The average molecular weight is 793 g/mol. The summed E-state index contributed by atoms with van der Waals surface area (Å²) in [5.74, 6) is -2.03. The summed E-state index contributed by atoms with van der Waals surface area (Å²) in [4.78, 5) is 37.1. The van der Waals surface area contributed by atoms with Gasteiger partial charge in [0.05, 0.1) is 34.4 Å². The predicted molar refractivity (Wildman–Crippen MR) is 230 cm³/mol. The van der Waals surface area contributed by atoms with E-state index in [2.05, 4.69) is 50.3 Å². The number of quaternary nitrogens is 1. The molecule has 0 bridgehead atoms. The molecule has 0 amide bonds. The summed E-state index contributed by atoms with van der Waals surface area (Å²) in [6.45, 7) is 4.80. The molecule has 0 fully saturated rings. The molecule has 326 valence electrons. The van der Waals surface area contributed by atoms with Crippen LogP contribution in [0.15, 0.2) is 36.5 Å². The molecule has 1 N–H and O–H groups in total. The zero-order chi connectivity index (χ0) is 41.4. The lowest BCUT2D eigenvalue weighted by Gasteiger charge is -2.25. The lowest BCUT2D eigenvalue weighted by molar-refractivity contribution is -0.870. The number of carbonyl (C=O) groups is 3. The van der Waals surface area contributed by atoms with Gasteiger partial charge in [0.2, 0.25) is 0 Å². The second kappa shape index (κ2) is 39.3. The highest BCUT2D eigenvalue weighted by Crippen LogP contribution is 2.13. The van der Waals surface area contributed by atoms with Gasteiger partial charge in [-0.2, -0.15) is 0 Å². The number of rotatable bonds is 41. The number of carbonyl (C=O) groups excluding carboxylic acids is 2. The fourth-order valence-corrected chi connectivity index (χ4v) is 6.02. The van der Waals surface area contributed by atoms with E-state index in [4.69, 9.17) is 18.9 Å². The van der Waals surface area contributed by atoms with E-state index in [-0.39, 0.29) is 32.2 Å². The topological polar surface area (TPSA) is 108 Å². The summed E-state index contributed by atoms with van der Waals surface area (Å²) in [6, 6.07) is 0. The van der Waals surface area contributed by atoms with Crippen molar-refractivity contribution in [2.45, 2.75) is 200 Å². The molecule has 0 aromatic rings. The van der Waals surface area contributed by atoms with E-state index in [1.165, 1.54) is 89.9 Å². The van der Waals surface area contributed by atoms with Crippen molar-refractivity contribution in [1.82, 2.24) is 0 Å². The lowest BCUT2D eigenvalue weighted by atomic mass is 10.1. The zero-order valence-corrected chi connectivity index (χ0v) is 36.8. The number of ether oxygens (including phenoxy) is 4. The molecule has 0 saturated heterocycles. The van der Waals surface area contributed by atoms with E-state index in [1.54, 1.807) is 0 Å². The van der Waals surface area contributed by atoms with E-state index in [1.807, 2.05) is 21.1 Å². The van der Waals surface area contributed by atoms with Crippen LogP contribution in [0, 0.1) is 0 Å². The molecule has 0 aliphatic carbocycles. The first-order valence-electron chi connectivity index (χ1n) is 22.7. The second-order valence-corrected chi connectivity index (χ2v) is 16.4. The first kappa shape index (κ1) is 53.5. The number of unbranched alkanes of at least 4 members (excludes halogenated alkanes) is 20. The minimum atomic E-state index is -1.51. The molecular formula is C47H86NO8+. The zero-order valence-electron chi connectivity index (χ0n) is 36.8. The fraction of sp³-hybridized carbons (Fsp3) is 0.809. The SMILES string of the molecule is CCCC/C=C\C/C=C\CCCCCCCC(=O)OC(COC(=O)CCCCCCCCC/C=C\CCCCCCCC)COC(OCC[N+](C)(C)C)C(=O)O. The first-order valence-corrected chi connectivity index (χ1v) is 22.7. The second-order valence-electron chi connectivity index (χ2n) is 16.4. The Morgan fingerprint density at radius 3 is 1.48 bits per heavy atom. The minimum absolute atomic E-state index is 0.184. The van der Waals surface area contributed by atoms with Gasteiger partial charge in [0, 0.05) is 12.8 Å². The molecule has 0 saturated carbocycles. The van der Waals surface area contributed by atoms with Gasteiger partial charge >= 0.3 is 17.9 Å². The van der Waals surface area contributed by atoms with Crippen molar-refractivity contribution in [3.05, 3.63) is 36.5 Å². The molecule has 9 heteroatoms. The molecule has 0 heterocycles. The Hall–Kier alpha value is -2.49. The van der Waals surface area contributed by atoms with Crippen molar-refractivity contribution < 1.29 is 42.9 Å². The number of carboxylic acid groups (broad SMARTS) is 1. The maximum absolute atomic E-state index is 12.7.